The molecule has 4 atom stereocenters. The molecular weight excluding hydrogens is 544 g/mol. The number of aromatic hydroxyl groups is 1. The van der Waals surface area contributed by atoms with Crippen LogP contribution < -0.4 is 0 Å². The monoisotopic (exact) mass is 592 g/mol. The fourth-order valence-electron chi connectivity index (χ4n) is 8.37. The van der Waals surface area contributed by atoms with E-state index in [-0.39, 0.29) is 41.6 Å². The lowest BCUT2D eigenvalue weighted by molar-refractivity contribution is -0.178. The van der Waals surface area contributed by atoms with Gasteiger partial charge in [0.15, 0.2) is 17.2 Å². The Morgan fingerprint density at radius 1 is 1.07 bits per heavy atom. The second-order valence-electron chi connectivity index (χ2n) is 14.8. The maximum Gasteiger partial charge on any atom is 0.203 e. The zero-order valence-corrected chi connectivity index (χ0v) is 27.1. The number of carbonyl (C=O) groups excluding carboxylic acids is 3. The van der Waals surface area contributed by atoms with Crippen LogP contribution in [0.5, 0.6) is 5.75 Å². The molecule has 0 heterocycles. The highest BCUT2D eigenvalue weighted by Gasteiger charge is 2.72. The van der Waals surface area contributed by atoms with Crippen LogP contribution in [0.2, 0.25) is 0 Å². The molecule has 1 unspecified atom stereocenters. The molecule has 0 radical (unpaired) electrons. The highest BCUT2D eigenvalue weighted by Crippen LogP contribution is 2.65. The molecule has 7 nitrogen and oxygen atoms in total. The van der Waals surface area contributed by atoms with Gasteiger partial charge < -0.3 is 20.4 Å². The third kappa shape index (κ3) is 4.70. The number of benzene rings is 1. The van der Waals surface area contributed by atoms with E-state index >= 15 is 0 Å². The summed E-state index contributed by atoms with van der Waals surface area (Å²) < 4.78 is 0. The van der Waals surface area contributed by atoms with E-state index in [4.69, 9.17) is 0 Å². The molecular formula is C36H48O7. The van der Waals surface area contributed by atoms with Gasteiger partial charge in [-0.05, 0) is 73.5 Å². The van der Waals surface area contributed by atoms with Gasteiger partial charge in [0.05, 0.1) is 5.56 Å². The maximum absolute atomic E-state index is 14.6. The second kappa shape index (κ2) is 10.8. The van der Waals surface area contributed by atoms with E-state index in [9.17, 15) is 34.8 Å². The van der Waals surface area contributed by atoms with Crippen LogP contribution in [0.4, 0.5) is 0 Å². The first-order valence-corrected chi connectivity index (χ1v) is 15.5. The second-order valence-corrected chi connectivity index (χ2v) is 14.8. The van der Waals surface area contributed by atoms with E-state index in [1.807, 2.05) is 26.8 Å². The average molecular weight is 593 g/mol. The molecule has 0 saturated heterocycles. The zero-order chi connectivity index (χ0) is 32.6. The van der Waals surface area contributed by atoms with Crippen molar-refractivity contribution in [1.29, 1.82) is 0 Å². The summed E-state index contributed by atoms with van der Waals surface area (Å²) in [5.74, 6) is -4.55. The Morgan fingerprint density at radius 3 is 2.19 bits per heavy atom. The molecule has 0 bridgehead atoms. The zero-order valence-electron chi connectivity index (χ0n) is 27.1. The molecule has 0 amide bonds. The molecule has 4 rings (SSSR count). The number of hydrogen-bond acceptors (Lipinski definition) is 7. The van der Waals surface area contributed by atoms with Gasteiger partial charge in [-0.1, -0.05) is 73.6 Å². The van der Waals surface area contributed by atoms with Crippen LogP contribution in [0.3, 0.4) is 0 Å². The van der Waals surface area contributed by atoms with Gasteiger partial charge in [-0.3, -0.25) is 14.4 Å². The Labute approximate surface area is 255 Å². The molecule has 7 heteroatoms. The summed E-state index contributed by atoms with van der Waals surface area (Å²) in [5, 5.41) is 47.2. The molecule has 3 aliphatic rings. The Morgan fingerprint density at radius 2 is 1.67 bits per heavy atom. The van der Waals surface area contributed by atoms with Crippen LogP contribution >= 0.6 is 0 Å². The van der Waals surface area contributed by atoms with E-state index in [1.165, 1.54) is 0 Å². The van der Waals surface area contributed by atoms with Crippen LogP contribution in [0, 0.1) is 28.6 Å². The lowest BCUT2D eigenvalue weighted by Crippen LogP contribution is -2.69. The van der Waals surface area contributed by atoms with Crippen LogP contribution in [0.15, 0.2) is 35.1 Å². The number of allylic oxidation sites excluding steroid dienone is 2. The first-order chi connectivity index (χ1) is 19.7. The lowest BCUT2D eigenvalue weighted by atomic mass is 9.43. The van der Waals surface area contributed by atoms with Gasteiger partial charge in [0.1, 0.15) is 22.8 Å². The summed E-state index contributed by atoms with van der Waals surface area (Å²) in [6, 6.07) is 1.97. The topological polar surface area (TPSA) is 132 Å². The van der Waals surface area contributed by atoms with E-state index in [2.05, 4.69) is 20.4 Å². The Kier molecular flexibility index (Phi) is 8.19. The normalized spacial score (nSPS) is 28.9. The first-order valence-electron chi connectivity index (χ1n) is 15.5. The molecule has 0 spiro atoms. The average Bonchev–Trinajstić information content (AvgIpc) is 2.85. The summed E-state index contributed by atoms with van der Waals surface area (Å²) in [7, 11) is 0. The molecule has 1 saturated carbocycles. The number of aliphatic hydroxyl groups excluding tert-OH is 2. The molecule has 1 aromatic rings. The van der Waals surface area contributed by atoms with Crippen molar-refractivity contribution in [3.8, 4) is 5.75 Å². The van der Waals surface area contributed by atoms with Crippen molar-refractivity contribution in [1.82, 2.24) is 0 Å². The van der Waals surface area contributed by atoms with Crippen LogP contribution in [-0.2, 0) is 27.2 Å². The number of phenolic OH excluding ortho intramolecular Hbond substituents is 1. The number of rotatable bonds is 8. The first kappa shape index (κ1) is 32.7. The Balaban J connectivity index is 2.00. The molecule has 0 aromatic heterocycles. The highest BCUT2D eigenvalue weighted by molar-refractivity contribution is 6.24. The third-order valence-electron chi connectivity index (χ3n) is 10.3. The summed E-state index contributed by atoms with van der Waals surface area (Å²) in [6.07, 6.45) is 2.51. The van der Waals surface area contributed by atoms with Crippen molar-refractivity contribution >= 4 is 23.1 Å². The molecule has 0 aliphatic heterocycles. The largest absolute Gasteiger partial charge is 0.508 e. The van der Waals surface area contributed by atoms with Crippen molar-refractivity contribution in [3.05, 3.63) is 57.4 Å². The Bertz CT molecular complexity index is 1490. The minimum Gasteiger partial charge on any atom is -0.508 e. The minimum atomic E-state index is -2.61. The number of carbonyl (C=O) groups is 3. The van der Waals surface area contributed by atoms with E-state index in [0.29, 0.717) is 17.9 Å². The number of ketones is 3. The van der Waals surface area contributed by atoms with E-state index < -0.39 is 56.8 Å². The summed E-state index contributed by atoms with van der Waals surface area (Å²) in [6.45, 7) is 20.7. The fraction of sp³-hybridized carbons (Fsp3) is 0.583. The van der Waals surface area contributed by atoms with E-state index in [1.54, 1.807) is 20.8 Å². The summed E-state index contributed by atoms with van der Waals surface area (Å²) >= 11 is 0. The van der Waals surface area contributed by atoms with Crippen molar-refractivity contribution < 1.29 is 34.8 Å². The van der Waals surface area contributed by atoms with Crippen molar-refractivity contribution in [2.75, 3.05) is 0 Å². The predicted octanol–water partition coefficient (Wildman–Crippen LogP) is 6.85. The minimum absolute atomic E-state index is 0.0339. The van der Waals surface area contributed by atoms with Crippen LogP contribution in [0.1, 0.15) is 110 Å². The Hall–Kier alpha value is -3.19. The standard InChI is InChI=1S/C36H48O7/c1-17(2)11-12-20(7)13-22-14-23(18(3)4)24-15-34(9)16-35(10)27(19(5)6)30(39)25(21(8)37)32(41)36(35,43)33(42)28(34)31(40)26(24)29(22)38/h14,17-19,27,38,40-41,43H,7,11-13,15-16H2,1-6,8-10H3/t27?,34-,35-,36+/m1/s1. The molecule has 43 heavy (non-hydrogen) atoms. The SMILES string of the molecule is C=C(CCC(C)C)Cc1cc(C(C)C)c2c(c1O)C(O)=C1C(=O)[C@@]3(O)C(O)=C(C(C)=O)C(=O)C(C(C)C)[C@@]3(C)C[C@@]1(C)C2. The van der Waals surface area contributed by atoms with Crippen LogP contribution in [0.25, 0.3) is 5.76 Å². The van der Waals surface area contributed by atoms with Crippen molar-refractivity contribution in [3.63, 3.8) is 0 Å². The van der Waals surface area contributed by atoms with Gasteiger partial charge in [-0.25, -0.2) is 0 Å². The van der Waals surface area contributed by atoms with Gasteiger partial charge in [-0.2, -0.15) is 0 Å². The number of Topliss-reactive ketones (excluding diaryl/α,β-unsaturated/α-hetero) is 3. The number of phenols is 1. The lowest BCUT2D eigenvalue weighted by Gasteiger charge is -2.60. The fourth-order valence-corrected chi connectivity index (χ4v) is 8.37. The third-order valence-corrected chi connectivity index (χ3v) is 10.3. The number of hydrogen-bond donors (Lipinski definition) is 4. The number of aliphatic hydroxyl groups is 3. The van der Waals surface area contributed by atoms with Crippen LogP contribution in [-0.4, -0.2) is 43.4 Å². The van der Waals surface area contributed by atoms with Crippen molar-refractivity contribution in [2.45, 2.75) is 106 Å². The molecule has 4 N–H and O–H groups in total. The van der Waals surface area contributed by atoms with Gasteiger partial charge in [0, 0.05) is 22.3 Å². The van der Waals surface area contributed by atoms with Gasteiger partial charge in [0.25, 0.3) is 0 Å². The van der Waals surface area contributed by atoms with E-state index in [0.717, 1.165) is 36.5 Å². The molecule has 1 fully saturated rings. The maximum atomic E-state index is 14.6. The summed E-state index contributed by atoms with van der Waals surface area (Å²) in [5.41, 5.74) is -2.42. The quantitative estimate of drug-likeness (QED) is 0.192. The van der Waals surface area contributed by atoms with Gasteiger partial charge >= 0.3 is 0 Å². The summed E-state index contributed by atoms with van der Waals surface area (Å²) in [4.78, 5) is 40.8. The molecule has 234 valence electrons. The van der Waals surface area contributed by atoms with Gasteiger partial charge in [0.2, 0.25) is 5.78 Å². The smallest absolute Gasteiger partial charge is 0.203 e. The van der Waals surface area contributed by atoms with Crippen molar-refractivity contribution in [2.24, 2.45) is 28.6 Å². The molecule has 3 aliphatic carbocycles. The highest BCUT2D eigenvalue weighted by atomic mass is 16.3. The van der Waals surface area contributed by atoms with Gasteiger partial charge in [-0.15, -0.1) is 0 Å². The molecule has 1 aromatic carbocycles. The predicted molar refractivity (Wildman–Crippen MR) is 167 cm³/mol. The number of fused-ring (bicyclic) bond motifs is 3.